The fourth-order valence-electron chi connectivity index (χ4n) is 12.0. The molecule has 0 aromatic heterocycles. The molecule has 2 aliphatic rings. The Morgan fingerprint density at radius 2 is 0.714 bits per heavy atom. The summed E-state index contributed by atoms with van der Waals surface area (Å²) in [7, 11) is 0. The highest BCUT2D eigenvalue weighted by Gasteiger charge is 2.48. The van der Waals surface area contributed by atoms with Gasteiger partial charge in [0.15, 0.2) is 0 Å². The van der Waals surface area contributed by atoms with Crippen LogP contribution in [-0.4, -0.2) is 0 Å². The predicted molar refractivity (Wildman–Crippen MR) is 290 cm³/mol. The second kappa shape index (κ2) is 17.0. The summed E-state index contributed by atoms with van der Waals surface area (Å²) in [5.41, 5.74) is 20.3. The number of nitrogens with zero attached hydrogens (tertiary/aromatic N) is 2. The minimum Gasteiger partial charge on any atom is -0.310 e. The maximum Gasteiger partial charge on any atom is 0.0742 e. The van der Waals surface area contributed by atoms with Gasteiger partial charge in [0.25, 0.3) is 0 Å². The van der Waals surface area contributed by atoms with Crippen molar-refractivity contribution < 1.29 is 0 Å². The third-order valence-corrected chi connectivity index (χ3v) is 14.8. The maximum atomic E-state index is 2.47. The van der Waals surface area contributed by atoms with E-state index >= 15 is 0 Å². The van der Waals surface area contributed by atoms with Crippen LogP contribution in [0.15, 0.2) is 291 Å². The predicted octanol–water partition coefficient (Wildman–Crippen LogP) is 17.4. The van der Waals surface area contributed by atoms with Gasteiger partial charge in [-0.3, -0.25) is 0 Å². The fourth-order valence-corrected chi connectivity index (χ4v) is 12.0. The molecule has 1 heterocycles. The lowest BCUT2D eigenvalue weighted by molar-refractivity contribution is 0.731. The summed E-state index contributed by atoms with van der Waals surface area (Å²) in [6.45, 7) is 0. The van der Waals surface area contributed by atoms with Gasteiger partial charge in [0.1, 0.15) is 0 Å². The molecule has 0 atom stereocenters. The first-order valence-electron chi connectivity index (χ1n) is 24.3. The fraction of sp³-hybridized carbons (Fsp3) is 0.0294. The van der Waals surface area contributed by atoms with Gasteiger partial charge in [-0.25, -0.2) is 0 Å². The highest BCUT2D eigenvalue weighted by atomic mass is 15.2. The van der Waals surface area contributed by atoms with E-state index in [0.717, 1.165) is 45.3 Å². The Labute approximate surface area is 410 Å². The van der Waals surface area contributed by atoms with E-state index in [-0.39, 0.29) is 0 Å². The topological polar surface area (TPSA) is 6.48 Å². The van der Waals surface area contributed by atoms with Crippen molar-refractivity contribution in [2.45, 2.75) is 10.8 Å². The molecule has 0 amide bonds. The molecule has 13 rings (SSSR count). The highest BCUT2D eigenvalue weighted by molar-refractivity contribution is 5.96. The van der Waals surface area contributed by atoms with Crippen LogP contribution in [0.5, 0.6) is 0 Å². The molecule has 0 spiro atoms. The Morgan fingerprint density at radius 3 is 1.31 bits per heavy atom. The first-order valence-corrected chi connectivity index (χ1v) is 24.3. The van der Waals surface area contributed by atoms with E-state index < -0.39 is 10.8 Å². The molecule has 11 aromatic rings. The molecule has 0 fully saturated rings. The highest BCUT2D eigenvalue weighted by Crippen LogP contribution is 2.60. The van der Waals surface area contributed by atoms with Crippen LogP contribution in [0.3, 0.4) is 0 Å². The van der Waals surface area contributed by atoms with Crippen molar-refractivity contribution in [3.8, 4) is 22.3 Å². The summed E-state index contributed by atoms with van der Waals surface area (Å²) < 4.78 is 0. The molecule has 0 saturated carbocycles. The molecule has 1 aliphatic heterocycles. The van der Waals surface area contributed by atoms with Crippen LogP contribution in [-0.2, 0) is 10.8 Å². The smallest absolute Gasteiger partial charge is 0.0742 e. The second-order valence-electron chi connectivity index (χ2n) is 18.3. The third-order valence-electron chi connectivity index (χ3n) is 14.8. The SMILES string of the molecule is c1ccc(N(c2ccc3c(c2)C(c2ccccc2)(c2ccccc2)c2ccccc2-3)c2ccccc2-c2ccc3c(c2)N(c2ccccc2)c2ccccc2C3(c2ccccc2)c2ccccc2)cc1. The summed E-state index contributed by atoms with van der Waals surface area (Å²) in [6, 6.07) is 107. The molecular weight excluding hydrogens is 845 g/mol. The van der Waals surface area contributed by atoms with E-state index in [9.17, 15) is 0 Å². The van der Waals surface area contributed by atoms with E-state index in [1.807, 2.05) is 0 Å². The van der Waals surface area contributed by atoms with Gasteiger partial charge in [-0.1, -0.05) is 237 Å². The zero-order chi connectivity index (χ0) is 46.5. The van der Waals surface area contributed by atoms with Crippen molar-refractivity contribution in [2.24, 2.45) is 0 Å². The molecule has 11 aromatic carbocycles. The van der Waals surface area contributed by atoms with Gasteiger partial charge < -0.3 is 9.80 Å². The molecule has 0 unspecified atom stereocenters. The zero-order valence-corrected chi connectivity index (χ0v) is 38.6. The van der Waals surface area contributed by atoms with Gasteiger partial charge in [-0.05, 0) is 116 Å². The van der Waals surface area contributed by atoms with Crippen LogP contribution in [0, 0.1) is 0 Å². The van der Waals surface area contributed by atoms with Crippen LogP contribution in [0.1, 0.15) is 44.5 Å². The van der Waals surface area contributed by atoms with Gasteiger partial charge in [0.2, 0.25) is 0 Å². The van der Waals surface area contributed by atoms with Crippen molar-refractivity contribution >= 4 is 34.1 Å². The van der Waals surface area contributed by atoms with Crippen LogP contribution < -0.4 is 9.80 Å². The van der Waals surface area contributed by atoms with Crippen LogP contribution in [0.25, 0.3) is 22.3 Å². The molecule has 2 heteroatoms. The molecule has 70 heavy (non-hydrogen) atoms. The van der Waals surface area contributed by atoms with Crippen molar-refractivity contribution in [1.82, 2.24) is 0 Å². The summed E-state index contributed by atoms with van der Waals surface area (Å²) in [5.74, 6) is 0. The zero-order valence-electron chi connectivity index (χ0n) is 38.6. The van der Waals surface area contributed by atoms with Gasteiger partial charge >= 0.3 is 0 Å². The van der Waals surface area contributed by atoms with Crippen molar-refractivity contribution in [2.75, 3.05) is 9.80 Å². The Morgan fingerprint density at radius 1 is 0.271 bits per heavy atom. The summed E-state index contributed by atoms with van der Waals surface area (Å²) >= 11 is 0. The summed E-state index contributed by atoms with van der Waals surface area (Å²) in [4.78, 5) is 4.93. The minimum atomic E-state index is -0.597. The molecule has 1 aliphatic carbocycles. The lowest BCUT2D eigenvalue weighted by Crippen LogP contribution is -2.37. The standard InChI is InChI=1S/C68H48N2/c1-7-25-50(26-8-1)67(51-27-9-2-10-28-51)60-39-21-19-38-58(60)59-45-44-56(48-63(59)67)69(54-33-15-5-16-34-54)64-41-23-20-37-57(64)49-43-46-62-66(47-49)70(55-35-17-6-18-36-55)65-42-24-22-40-61(65)68(62,52-29-11-3-12-30-52)53-31-13-4-14-32-53/h1-48H. The van der Waals surface area contributed by atoms with E-state index in [4.69, 9.17) is 0 Å². The summed E-state index contributed by atoms with van der Waals surface area (Å²) in [6.07, 6.45) is 0. The lowest BCUT2D eigenvalue weighted by Gasteiger charge is -2.46. The van der Waals surface area contributed by atoms with Crippen LogP contribution in [0.2, 0.25) is 0 Å². The summed E-state index contributed by atoms with van der Waals surface area (Å²) in [5, 5.41) is 0. The number of para-hydroxylation sites is 4. The van der Waals surface area contributed by atoms with E-state index in [0.29, 0.717) is 0 Å². The van der Waals surface area contributed by atoms with Gasteiger partial charge in [0.05, 0.1) is 27.9 Å². The largest absolute Gasteiger partial charge is 0.310 e. The molecule has 0 saturated heterocycles. The Bertz CT molecular complexity index is 3570. The second-order valence-corrected chi connectivity index (χ2v) is 18.3. The number of hydrogen-bond donors (Lipinski definition) is 0. The van der Waals surface area contributed by atoms with Crippen molar-refractivity contribution in [1.29, 1.82) is 0 Å². The average molecular weight is 893 g/mol. The van der Waals surface area contributed by atoms with Crippen LogP contribution >= 0.6 is 0 Å². The normalized spacial score (nSPS) is 13.6. The third kappa shape index (κ3) is 6.27. The maximum absolute atomic E-state index is 2.47. The number of hydrogen-bond acceptors (Lipinski definition) is 2. The molecule has 0 bridgehead atoms. The number of anilines is 6. The molecule has 2 nitrogen and oxygen atoms in total. The Kier molecular flexibility index (Phi) is 9.99. The average Bonchev–Trinajstić information content (AvgIpc) is 3.74. The molecule has 0 radical (unpaired) electrons. The molecule has 0 N–H and O–H groups in total. The van der Waals surface area contributed by atoms with Crippen molar-refractivity contribution in [3.05, 3.63) is 336 Å². The van der Waals surface area contributed by atoms with Crippen LogP contribution in [0.4, 0.5) is 34.1 Å². The van der Waals surface area contributed by atoms with Crippen molar-refractivity contribution in [3.63, 3.8) is 0 Å². The van der Waals surface area contributed by atoms with Gasteiger partial charge in [0, 0.05) is 22.6 Å². The Balaban J connectivity index is 1.06. The molecular formula is C68H48N2. The monoisotopic (exact) mass is 892 g/mol. The number of benzene rings is 11. The Hall–Kier alpha value is -8.98. The number of fused-ring (bicyclic) bond motifs is 5. The van der Waals surface area contributed by atoms with E-state index in [1.54, 1.807) is 0 Å². The van der Waals surface area contributed by atoms with E-state index in [1.165, 1.54) is 55.6 Å². The van der Waals surface area contributed by atoms with Gasteiger partial charge in [-0.15, -0.1) is 0 Å². The van der Waals surface area contributed by atoms with Gasteiger partial charge in [-0.2, -0.15) is 0 Å². The first kappa shape index (κ1) is 41.2. The number of rotatable bonds is 9. The first-order chi connectivity index (χ1) is 34.8. The minimum absolute atomic E-state index is 0.536. The quantitative estimate of drug-likeness (QED) is 0.142. The van der Waals surface area contributed by atoms with E-state index in [2.05, 4.69) is 301 Å². The lowest BCUT2D eigenvalue weighted by atomic mass is 9.62. The molecule has 330 valence electrons.